The van der Waals surface area contributed by atoms with Crippen LogP contribution in [0.3, 0.4) is 0 Å². The van der Waals surface area contributed by atoms with Crippen LogP contribution in [0.2, 0.25) is 0 Å². The molecule has 0 bridgehead atoms. The molecule has 1 saturated heterocycles. The lowest BCUT2D eigenvalue weighted by Gasteiger charge is -2.48. The maximum atomic E-state index is 14.9. The zero-order valence-electron chi connectivity index (χ0n) is 17.4. The van der Waals surface area contributed by atoms with Gasteiger partial charge < -0.3 is 9.64 Å². The fourth-order valence-corrected chi connectivity index (χ4v) is 4.19. The first kappa shape index (κ1) is 22.8. The Kier molecular flexibility index (Phi) is 5.91. The lowest BCUT2D eigenvalue weighted by Crippen LogP contribution is -2.60. The molecule has 11 heteroatoms. The van der Waals surface area contributed by atoms with Gasteiger partial charge in [-0.25, -0.2) is 18.4 Å². The molecule has 4 rings (SSSR count). The minimum absolute atomic E-state index is 0.0197. The Labute approximate surface area is 185 Å². The largest absolute Gasteiger partial charge is 0.417 e. The van der Waals surface area contributed by atoms with Gasteiger partial charge in [0.15, 0.2) is 0 Å². The number of morpholine rings is 1. The van der Waals surface area contributed by atoms with Crippen LogP contribution in [-0.2, 0) is 23.1 Å². The third-order valence-corrected chi connectivity index (χ3v) is 5.81. The molecule has 0 spiro atoms. The molecular weight excluding hydrogens is 447 g/mol. The Morgan fingerprint density at radius 2 is 1.97 bits per heavy atom. The number of carbonyl (C=O) groups is 1. The summed E-state index contributed by atoms with van der Waals surface area (Å²) in [5, 5.41) is 4.01. The molecule has 174 valence electrons. The van der Waals surface area contributed by atoms with Gasteiger partial charge in [0.1, 0.15) is 29.9 Å². The van der Waals surface area contributed by atoms with E-state index in [0.29, 0.717) is 6.07 Å². The fourth-order valence-electron chi connectivity index (χ4n) is 4.19. The van der Waals surface area contributed by atoms with Crippen molar-refractivity contribution in [2.24, 2.45) is 0 Å². The number of ether oxygens (including phenoxy) is 1. The highest BCUT2D eigenvalue weighted by Crippen LogP contribution is 2.40. The van der Waals surface area contributed by atoms with Crippen molar-refractivity contribution in [2.75, 3.05) is 13.2 Å². The molecule has 2 aromatic carbocycles. The van der Waals surface area contributed by atoms with Gasteiger partial charge in [0.05, 0.1) is 30.3 Å². The summed E-state index contributed by atoms with van der Waals surface area (Å²) < 4.78 is 76.5. The quantitative estimate of drug-likeness (QED) is 0.545. The van der Waals surface area contributed by atoms with E-state index >= 15 is 0 Å². The number of benzene rings is 2. The molecule has 1 aliphatic heterocycles. The number of nitrogens with zero attached hydrogens (tertiary/aromatic N) is 4. The van der Waals surface area contributed by atoms with Gasteiger partial charge >= 0.3 is 6.18 Å². The Balaban J connectivity index is 1.80. The first-order valence-corrected chi connectivity index (χ1v) is 10.0. The number of alkyl halides is 3. The number of aromatic nitrogens is 3. The summed E-state index contributed by atoms with van der Waals surface area (Å²) in [7, 11) is 0. The van der Waals surface area contributed by atoms with Crippen LogP contribution < -0.4 is 0 Å². The van der Waals surface area contributed by atoms with Gasteiger partial charge in [-0.15, -0.1) is 0 Å². The van der Waals surface area contributed by atoms with E-state index in [9.17, 15) is 26.7 Å². The van der Waals surface area contributed by atoms with E-state index in [1.807, 2.05) is 0 Å². The Morgan fingerprint density at radius 1 is 1.21 bits per heavy atom. The minimum Gasteiger partial charge on any atom is -0.364 e. The summed E-state index contributed by atoms with van der Waals surface area (Å²) in [4.78, 5) is 18.4. The van der Waals surface area contributed by atoms with E-state index < -0.39 is 46.5 Å². The van der Waals surface area contributed by atoms with Crippen LogP contribution >= 0.6 is 0 Å². The SMILES string of the molecule is CC1N(C(=O)c2ccccc2C(F)(F)F)CCOC1(Cn1cncn1)c1ccc(F)cc1F. The summed E-state index contributed by atoms with van der Waals surface area (Å²) in [6.45, 7) is 1.33. The van der Waals surface area contributed by atoms with Gasteiger partial charge in [-0.1, -0.05) is 18.2 Å². The predicted octanol–water partition coefficient (Wildman–Crippen LogP) is 4.03. The van der Waals surface area contributed by atoms with E-state index in [1.54, 1.807) is 6.92 Å². The Hall–Kier alpha value is -3.34. The van der Waals surface area contributed by atoms with Crippen molar-refractivity contribution in [1.82, 2.24) is 19.7 Å². The monoisotopic (exact) mass is 466 g/mol. The molecule has 1 aromatic heterocycles. The molecule has 2 unspecified atom stereocenters. The van der Waals surface area contributed by atoms with Gasteiger partial charge in [0, 0.05) is 18.2 Å². The van der Waals surface area contributed by atoms with Crippen LogP contribution in [0.1, 0.15) is 28.4 Å². The number of halogens is 5. The van der Waals surface area contributed by atoms with Crippen molar-refractivity contribution in [1.29, 1.82) is 0 Å². The zero-order chi connectivity index (χ0) is 23.8. The van der Waals surface area contributed by atoms with Gasteiger partial charge in [-0.2, -0.15) is 18.3 Å². The smallest absolute Gasteiger partial charge is 0.364 e. The molecule has 2 atom stereocenters. The van der Waals surface area contributed by atoms with E-state index in [1.165, 1.54) is 40.4 Å². The predicted molar refractivity (Wildman–Crippen MR) is 106 cm³/mol. The normalized spacial score (nSPS) is 21.3. The van der Waals surface area contributed by atoms with Crippen molar-refractivity contribution in [3.8, 4) is 0 Å². The fraction of sp³-hybridized carbons (Fsp3) is 0.318. The zero-order valence-corrected chi connectivity index (χ0v) is 17.4. The number of rotatable bonds is 4. The third-order valence-electron chi connectivity index (χ3n) is 5.81. The Morgan fingerprint density at radius 3 is 2.64 bits per heavy atom. The average Bonchev–Trinajstić information content (AvgIpc) is 3.27. The molecule has 0 N–H and O–H groups in total. The second-order valence-corrected chi connectivity index (χ2v) is 7.67. The first-order chi connectivity index (χ1) is 15.6. The Bertz CT molecular complexity index is 1150. The third kappa shape index (κ3) is 4.20. The van der Waals surface area contributed by atoms with Gasteiger partial charge in [-0.05, 0) is 25.1 Å². The standard InChI is InChI=1S/C22H19F5N4O2/c1-14-21(11-30-13-28-12-29-30,18-7-6-15(23)10-19(18)24)33-9-8-31(14)20(32)16-4-2-3-5-17(16)22(25,26)27/h2-7,10,12-14H,8-9,11H2,1H3. The molecular formula is C22H19F5N4O2. The summed E-state index contributed by atoms with van der Waals surface area (Å²) in [6.07, 6.45) is -2.12. The van der Waals surface area contributed by atoms with Crippen LogP contribution in [0.5, 0.6) is 0 Å². The second kappa shape index (κ2) is 8.54. The molecule has 1 aliphatic rings. The topological polar surface area (TPSA) is 60.2 Å². The molecule has 6 nitrogen and oxygen atoms in total. The minimum atomic E-state index is -4.73. The lowest BCUT2D eigenvalue weighted by atomic mass is 9.83. The summed E-state index contributed by atoms with van der Waals surface area (Å²) in [5.74, 6) is -2.58. The van der Waals surface area contributed by atoms with Gasteiger partial charge in [0.2, 0.25) is 0 Å². The molecule has 1 amide bonds. The highest BCUT2D eigenvalue weighted by molar-refractivity contribution is 5.96. The van der Waals surface area contributed by atoms with Crippen LogP contribution in [0.25, 0.3) is 0 Å². The van der Waals surface area contributed by atoms with Crippen LogP contribution in [0.15, 0.2) is 55.1 Å². The lowest BCUT2D eigenvalue weighted by molar-refractivity contribution is -0.150. The van der Waals surface area contributed by atoms with Crippen molar-refractivity contribution < 1.29 is 31.5 Å². The molecule has 1 fully saturated rings. The van der Waals surface area contributed by atoms with Crippen LogP contribution in [0.4, 0.5) is 22.0 Å². The molecule has 3 aromatic rings. The van der Waals surface area contributed by atoms with Crippen molar-refractivity contribution in [2.45, 2.75) is 31.3 Å². The molecule has 0 radical (unpaired) electrons. The summed E-state index contributed by atoms with van der Waals surface area (Å²) in [5.41, 5.74) is -3.20. The highest BCUT2D eigenvalue weighted by Gasteiger charge is 2.49. The maximum absolute atomic E-state index is 14.9. The second-order valence-electron chi connectivity index (χ2n) is 7.67. The van der Waals surface area contributed by atoms with Crippen molar-refractivity contribution >= 4 is 5.91 Å². The summed E-state index contributed by atoms with van der Waals surface area (Å²) >= 11 is 0. The van der Waals surface area contributed by atoms with Gasteiger partial charge in [0.25, 0.3) is 5.91 Å². The summed E-state index contributed by atoms with van der Waals surface area (Å²) in [6, 6.07) is 6.48. The molecule has 0 aliphatic carbocycles. The van der Waals surface area contributed by atoms with E-state index in [0.717, 1.165) is 18.2 Å². The van der Waals surface area contributed by atoms with Gasteiger partial charge in [-0.3, -0.25) is 4.79 Å². The van der Waals surface area contributed by atoms with E-state index in [-0.39, 0.29) is 25.3 Å². The van der Waals surface area contributed by atoms with E-state index in [2.05, 4.69) is 10.1 Å². The number of amides is 1. The maximum Gasteiger partial charge on any atom is 0.417 e. The molecule has 0 saturated carbocycles. The first-order valence-electron chi connectivity index (χ1n) is 10.0. The molecule has 2 heterocycles. The van der Waals surface area contributed by atoms with Crippen molar-refractivity contribution in [3.63, 3.8) is 0 Å². The highest BCUT2D eigenvalue weighted by atomic mass is 19.4. The van der Waals surface area contributed by atoms with Crippen LogP contribution in [-0.4, -0.2) is 44.8 Å². The molecule has 33 heavy (non-hydrogen) atoms. The number of hydrogen-bond acceptors (Lipinski definition) is 4. The van der Waals surface area contributed by atoms with Crippen molar-refractivity contribution in [3.05, 3.63) is 83.4 Å². The van der Waals surface area contributed by atoms with Crippen LogP contribution in [0, 0.1) is 11.6 Å². The van der Waals surface area contributed by atoms with E-state index in [4.69, 9.17) is 4.74 Å². The number of carbonyl (C=O) groups excluding carboxylic acids is 1. The number of hydrogen-bond donors (Lipinski definition) is 0. The average molecular weight is 466 g/mol.